The average molecular weight is 327 g/mol. The van der Waals surface area contributed by atoms with Crippen molar-refractivity contribution in [1.82, 2.24) is 10.1 Å². The smallest absolute Gasteiger partial charge is 0.257 e. The zero-order chi connectivity index (χ0) is 16.5. The molecule has 0 bridgehead atoms. The van der Waals surface area contributed by atoms with Gasteiger partial charge < -0.3 is 9.42 Å². The number of aromatic nitrogens is 1. The molecule has 1 atom stereocenters. The summed E-state index contributed by atoms with van der Waals surface area (Å²) in [5, 5.41) is 8.71. The third-order valence-corrected chi connectivity index (χ3v) is 4.19. The molecular formula is C13H14FN3O4S. The number of hydrogen-bond acceptors (Lipinski definition) is 5. The predicted octanol–water partition coefficient (Wildman–Crippen LogP) is 1.29. The van der Waals surface area contributed by atoms with E-state index in [9.17, 15) is 17.6 Å². The summed E-state index contributed by atoms with van der Waals surface area (Å²) in [6.07, 6.45) is 1.35. The van der Waals surface area contributed by atoms with Crippen LogP contribution in [0.25, 0.3) is 0 Å². The van der Waals surface area contributed by atoms with Gasteiger partial charge in [-0.05, 0) is 25.1 Å². The highest BCUT2D eigenvalue weighted by Crippen LogP contribution is 2.21. The lowest BCUT2D eigenvalue weighted by atomic mass is 10.1. The van der Waals surface area contributed by atoms with Crippen molar-refractivity contribution >= 4 is 15.9 Å². The van der Waals surface area contributed by atoms with E-state index in [0.717, 1.165) is 18.2 Å². The van der Waals surface area contributed by atoms with Crippen molar-refractivity contribution in [2.75, 3.05) is 7.05 Å². The summed E-state index contributed by atoms with van der Waals surface area (Å²) in [7, 11) is -2.58. The van der Waals surface area contributed by atoms with Crippen LogP contribution < -0.4 is 5.14 Å². The summed E-state index contributed by atoms with van der Waals surface area (Å²) >= 11 is 0. The third-order valence-electron chi connectivity index (χ3n) is 3.28. The number of carbonyl (C=O) groups is 1. The van der Waals surface area contributed by atoms with Gasteiger partial charge in [0.15, 0.2) is 0 Å². The molecule has 9 heteroatoms. The van der Waals surface area contributed by atoms with Gasteiger partial charge in [-0.25, -0.2) is 17.9 Å². The van der Waals surface area contributed by atoms with Crippen molar-refractivity contribution in [3.8, 4) is 0 Å². The van der Waals surface area contributed by atoms with E-state index in [-0.39, 0.29) is 10.5 Å². The molecule has 0 saturated carbocycles. The second-order valence-electron chi connectivity index (χ2n) is 4.70. The van der Waals surface area contributed by atoms with Crippen LogP contribution in [0.1, 0.15) is 29.0 Å². The maximum absolute atomic E-state index is 13.9. The quantitative estimate of drug-likeness (QED) is 0.910. The summed E-state index contributed by atoms with van der Waals surface area (Å²) in [5.41, 5.74) is 0.100. The monoisotopic (exact) mass is 327 g/mol. The van der Waals surface area contributed by atoms with Gasteiger partial charge in [-0.3, -0.25) is 4.79 Å². The van der Waals surface area contributed by atoms with Crippen LogP contribution in [0.5, 0.6) is 0 Å². The number of nitrogens with zero attached hydrogens (tertiary/aromatic N) is 2. The zero-order valence-electron chi connectivity index (χ0n) is 11.9. The molecule has 2 rings (SSSR count). The Labute approximate surface area is 126 Å². The number of benzene rings is 1. The molecule has 1 aromatic carbocycles. The van der Waals surface area contributed by atoms with E-state index in [4.69, 9.17) is 9.66 Å². The molecule has 2 N–H and O–H groups in total. The number of carbonyl (C=O) groups excluding carboxylic acids is 1. The number of primary sulfonamides is 1. The van der Waals surface area contributed by atoms with E-state index in [1.807, 2.05) is 0 Å². The highest BCUT2D eigenvalue weighted by molar-refractivity contribution is 7.89. The second-order valence-corrected chi connectivity index (χ2v) is 6.26. The molecule has 0 aliphatic rings. The Morgan fingerprint density at radius 1 is 1.41 bits per heavy atom. The number of nitrogens with two attached hydrogens (primary N) is 1. The van der Waals surface area contributed by atoms with E-state index >= 15 is 0 Å². The SMILES string of the molecule is CC(c1ccon1)N(C)C(=O)c1cc(S(N)(=O)=O)ccc1F. The maximum Gasteiger partial charge on any atom is 0.257 e. The minimum absolute atomic E-state index is 0.334. The molecule has 22 heavy (non-hydrogen) atoms. The van der Waals surface area contributed by atoms with Gasteiger partial charge in [0.05, 0.1) is 16.5 Å². The predicted molar refractivity (Wildman–Crippen MR) is 74.8 cm³/mol. The van der Waals surface area contributed by atoms with E-state index < -0.39 is 27.8 Å². The van der Waals surface area contributed by atoms with E-state index in [1.54, 1.807) is 13.0 Å². The highest BCUT2D eigenvalue weighted by atomic mass is 32.2. The van der Waals surface area contributed by atoms with E-state index in [2.05, 4.69) is 5.16 Å². The Balaban J connectivity index is 2.37. The van der Waals surface area contributed by atoms with Crippen LogP contribution in [-0.4, -0.2) is 31.4 Å². The second kappa shape index (κ2) is 5.85. The Bertz CT molecular complexity index is 790. The molecule has 0 aliphatic carbocycles. The Hall–Kier alpha value is -2.26. The summed E-state index contributed by atoms with van der Waals surface area (Å²) in [5.74, 6) is -1.53. The molecular weight excluding hydrogens is 313 g/mol. The number of rotatable bonds is 4. The topological polar surface area (TPSA) is 106 Å². The molecule has 2 aromatic rings. The fourth-order valence-electron chi connectivity index (χ4n) is 1.85. The van der Waals surface area contributed by atoms with Crippen LogP contribution in [0, 0.1) is 5.82 Å². The van der Waals surface area contributed by atoms with Gasteiger partial charge in [-0.2, -0.15) is 0 Å². The summed E-state index contributed by atoms with van der Waals surface area (Å²) in [4.78, 5) is 13.3. The van der Waals surface area contributed by atoms with Crippen LogP contribution >= 0.6 is 0 Å². The molecule has 0 spiro atoms. The first-order valence-electron chi connectivity index (χ1n) is 6.21. The summed E-state index contributed by atoms with van der Waals surface area (Å²) in [6, 6.07) is 3.90. The van der Waals surface area contributed by atoms with Crippen molar-refractivity contribution in [3.05, 3.63) is 47.6 Å². The van der Waals surface area contributed by atoms with Crippen LogP contribution in [0.3, 0.4) is 0 Å². The normalized spacial score (nSPS) is 12.9. The maximum atomic E-state index is 13.9. The lowest BCUT2D eigenvalue weighted by molar-refractivity contribution is 0.0732. The van der Waals surface area contributed by atoms with Crippen LogP contribution in [0.15, 0.2) is 39.9 Å². The molecule has 0 radical (unpaired) electrons. The summed E-state index contributed by atoms with van der Waals surface area (Å²) in [6.45, 7) is 1.68. The Morgan fingerprint density at radius 2 is 2.09 bits per heavy atom. The average Bonchev–Trinajstić information content (AvgIpc) is 2.98. The van der Waals surface area contributed by atoms with E-state index in [1.165, 1.54) is 18.2 Å². The largest absolute Gasteiger partial charge is 0.364 e. The first-order chi connectivity index (χ1) is 10.2. The third kappa shape index (κ3) is 3.15. The molecule has 0 fully saturated rings. The first kappa shape index (κ1) is 16.1. The van der Waals surface area contributed by atoms with Crippen LogP contribution in [-0.2, 0) is 10.0 Å². The Kier molecular flexibility index (Phi) is 4.29. The summed E-state index contributed by atoms with van der Waals surface area (Å²) < 4.78 is 41.2. The van der Waals surface area contributed by atoms with Crippen LogP contribution in [0.4, 0.5) is 4.39 Å². The van der Waals surface area contributed by atoms with Gasteiger partial charge in [0.1, 0.15) is 17.8 Å². The molecule has 1 heterocycles. The van der Waals surface area contributed by atoms with Gasteiger partial charge in [0, 0.05) is 13.1 Å². The fraction of sp³-hybridized carbons (Fsp3) is 0.231. The van der Waals surface area contributed by atoms with Crippen LogP contribution in [0.2, 0.25) is 0 Å². The van der Waals surface area contributed by atoms with Gasteiger partial charge in [-0.1, -0.05) is 5.16 Å². The minimum atomic E-state index is -4.03. The number of sulfonamides is 1. The van der Waals surface area contributed by atoms with E-state index in [0.29, 0.717) is 5.69 Å². The number of amides is 1. The molecule has 118 valence electrons. The fourth-order valence-corrected chi connectivity index (χ4v) is 2.39. The molecule has 1 aromatic heterocycles. The first-order valence-corrected chi connectivity index (χ1v) is 7.76. The minimum Gasteiger partial charge on any atom is -0.364 e. The van der Waals surface area contributed by atoms with Crippen molar-refractivity contribution < 1.29 is 22.1 Å². The number of hydrogen-bond donors (Lipinski definition) is 1. The standard InChI is InChI=1S/C13H14FN3O4S/c1-8(12-5-6-21-16-12)17(2)13(18)10-7-9(22(15,19)20)3-4-11(10)14/h3-8H,1-2H3,(H2,15,19,20). The van der Waals surface area contributed by atoms with Crippen molar-refractivity contribution in [2.24, 2.45) is 5.14 Å². The molecule has 1 amide bonds. The Morgan fingerprint density at radius 3 is 2.64 bits per heavy atom. The van der Waals surface area contributed by atoms with Gasteiger partial charge in [0.2, 0.25) is 10.0 Å². The zero-order valence-corrected chi connectivity index (χ0v) is 12.7. The van der Waals surface area contributed by atoms with Crippen molar-refractivity contribution in [2.45, 2.75) is 17.9 Å². The molecule has 0 saturated heterocycles. The van der Waals surface area contributed by atoms with Gasteiger partial charge >= 0.3 is 0 Å². The van der Waals surface area contributed by atoms with Crippen molar-refractivity contribution in [1.29, 1.82) is 0 Å². The lowest BCUT2D eigenvalue weighted by Gasteiger charge is -2.23. The molecule has 7 nitrogen and oxygen atoms in total. The lowest BCUT2D eigenvalue weighted by Crippen LogP contribution is -2.30. The van der Waals surface area contributed by atoms with Gasteiger partial charge in [-0.15, -0.1) is 0 Å². The highest BCUT2D eigenvalue weighted by Gasteiger charge is 2.24. The van der Waals surface area contributed by atoms with Crippen molar-refractivity contribution in [3.63, 3.8) is 0 Å². The van der Waals surface area contributed by atoms with Gasteiger partial charge in [0.25, 0.3) is 5.91 Å². The number of halogens is 1. The molecule has 1 unspecified atom stereocenters. The molecule has 0 aliphatic heterocycles.